The second kappa shape index (κ2) is 25.8. The lowest BCUT2D eigenvalue weighted by Crippen LogP contribution is -2.62. The lowest BCUT2D eigenvalue weighted by molar-refractivity contribution is -0.315. The van der Waals surface area contributed by atoms with Crippen LogP contribution in [-0.4, -0.2) is 183 Å². The number of methoxy groups -OCH3 is 1. The van der Waals surface area contributed by atoms with Gasteiger partial charge in [0, 0.05) is 79.1 Å². The molecule has 3 aromatic rings. The van der Waals surface area contributed by atoms with Gasteiger partial charge in [0.25, 0.3) is 0 Å². The van der Waals surface area contributed by atoms with Crippen LogP contribution in [0.4, 0.5) is 0 Å². The van der Waals surface area contributed by atoms with Gasteiger partial charge in [-0.15, -0.1) is 0 Å². The number of aliphatic hydroxyl groups excluding tert-OH is 3. The van der Waals surface area contributed by atoms with Crippen molar-refractivity contribution >= 4 is 23.5 Å². The summed E-state index contributed by atoms with van der Waals surface area (Å²) in [6.07, 6.45) is -8.53. The number of carbonyl (C=O) groups is 2. The van der Waals surface area contributed by atoms with E-state index in [1.165, 1.54) is 19.7 Å². The summed E-state index contributed by atoms with van der Waals surface area (Å²) in [5.74, 6) is -3.30. The maximum absolute atomic E-state index is 14.7. The molecular formula is C62H94ClN3O14. The summed E-state index contributed by atoms with van der Waals surface area (Å²) in [5, 5.41) is 60.6. The first-order valence-electron chi connectivity index (χ1n) is 28.9. The highest BCUT2D eigenvalue weighted by molar-refractivity contribution is 6.30. The Balaban J connectivity index is 1.19. The number of carbonyl (C=O) groups excluding carboxylic acids is 2. The molecular weight excluding hydrogens is 1050 g/mol. The fourth-order valence-electron chi connectivity index (χ4n) is 13.4. The third kappa shape index (κ3) is 14.0. The maximum Gasteiger partial charge on any atom is 0.311 e. The third-order valence-corrected chi connectivity index (χ3v) is 18.2. The molecule has 4 aliphatic heterocycles. The zero-order valence-corrected chi connectivity index (χ0v) is 50.8. The molecule has 17 nitrogen and oxygen atoms in total. The number of hydrogen-bond donors (Lipinski definition) is 5. The van der Waals surface area contributed by atoms with E-state index in [1.54, 1.807) is 41.5 Å². The Kier molecular flexibility index (Phi) is 20.6. The van der Waals surface area contributed by atoms with Crippen molar-refractivity contribution in [3.05, 3.63) is 71.0 Å². The van der Waals surface area contributed by atoms with E-state index in [-0.39, 0.29) is 56.6 Å². The molecule has 0 unspecified atom stereocenters. The fourth-order valence-corrected chi connectivity index (χ4v) is 13.5. The number of fused-ring (bicyclic) bond motifs is 1. The minimum Gasteiger partial charge on any atom is -0.464 e. The number of likely N-dealkylation sites (N-methyl/N-ethyl adjacent to an activating group) is 2. The molecule has 18 heteroatoms. The van der Waals surface area contributed by atoms with Crippen molar-refractivity contribution < 1.29 is 68.3 Å². The van der Waals surface area contributed by atoms with Crippen molar-refractivity contribution in [2.45, 2.75) is 218 Å². The minimum absolute atomic E-state index is 0.0160. The summed E-state index contributed by atoms with van der Waals surface area (Å²) in [5.41, 5.74) is 1.47. The van der Waals surface area contributed by atoms with Crippen molar-refractivity contribution in [2.24, 2.45) is 23.2 Å². The van der Waals surface area contributed by atoms with Crippen molar-refractivity contribution in [3.8, 4) is 22.3 Å². The van der Waals surface area contributed by atoms with Gasteiger partial charge in [-0.2, -0.15) is 0 Å². The van der Waals surface area contributed by atoms with Crippen LogP contribution < -0.4 is 0 Å². The smallest absolute Gasteiger partial charge is 0.311 e. The summed E-state index contributed by atoms with van der Waals surface area (Å²) < 4.78 is 47.3. The van der Waals surface area contributed by atoms with E-state index in [0.29, 0.717) is 11.6 Å². The summed E-state index contributed by atoms with van der Waals surface area (Å²) in [7, 11) is 5.15. The monoisotopic (exact) mass is 1140 g/mol. The highest BCUT2D eigenvalue weighted by atomic mass is 35.5. The molecule has 0 saturated carbocycles. The van der Waals surface area contributed by atoms with E-state index in [2.05, 4.69) is 30.5 Å². The Morgan fingerprint density at radius 3 is 2.16 bits per heavy atom. The predicted molar refractivity (Wildman–Crippen MR) is 306 cm³/mol. The van der Waals surface area contributed by atoms with E-state index >= 15 is 0 Å². The summed E-state index contributed by atoms with van der Waals surface area (Å²) in [6.45, 7) is 23.3. The number of halogens is 1. The number of ether oxygens (including phenoxy) is 7. The number of rotatable bonds is 14. The summed E-state index contributed by atoms with van der Waals surface area (Å²) >= 11 is 6.40. The Morgan fingerprint density at radius 2 is 1.52 bits per heavy atom. The SMILES string of the molecule is CC[C@H]1OC(=O)[C@H](C)[C@@H](O[C@H]2C[C@@](C)(OC)[C@@H](O)[C@H](C)O2)[C@H](C)[C@@H](O[C@@H]2O[C@H](C)C[C@H](O)[C@H]2N(C)CCOC(=O)Cc2c(-c3ccc(Cl)cc3)c(-c3ccccc3)c3n2CC(C)(C)C3)[C@](C)(O)C[C@@H](C)CN(C)[C@H](C)[C@@H](O)[C@]1(C)O. The standard InChI is InChI=1S/C62H94ClN3O14/c1-16-47-62(12,73)54(69)39(6)65(14)33-35(2)30-60(10,72)56(37(4)53(38(5)57(71)78-47)79-49-32-61(11,74-15)55(70)40(7)77-49)80-58-52(46(67)28-36(3)76-58)64(13)26-27-75-48(68)29-44-50(42-22-24-43(63)25-23-42)51(41-20-18-17-19-21-41)45-31-59(8,9)34-66(44)45/h17-25,35-40,46-47,49,52-56,58,67,69-70,72-73H,16,26-34H2,1-15H3/t35-,36-,37+,38-,39-,40+,46+,47-,49+,52-,53+,54-,55+,56-,58+,60-,61-,62-/m1/s1. The van der Waals surface area contributed by atoms with E-state index in [4.69, 9.17) is 44.8 Å². The molecule has 4 aliphatic rings. The van der Waals surface area contributed by atoms with Gasteiger partial charge in [-0.3, -0.25) is 14.5 Å². The van der Waals surface area contributed by atoms with Gasteiger partial charge in [-0.1, -0.05) is 88.7 Å². The molecule has 0 aliphatic carbocycles. The topological polar surface area (TPSA) is 211 Å². The molecule has 80 heavy (non-hydrogen) atoms. The third-order valence-electron chi connectivity index (χ3n) is 18.0. The number of aliphatic hydroxyl groups is 5. The first kappa shape index (κ1) is 64.0. The highest BCUT2D eigenvalue weighted by Gasteiger charge is 2.53. The molecule has 0 bridgehead atoms. The molecule has 7 rings (SSSR count). The lowest BCUT2D eigenvalue weighted by atomic mass is 9.77. The predicted octanol–water partition coefficient (Wildman–Crippen LogP) is 7.43. The molecule has 1 aromatic heterocycles. The average Bonchev–Trinajstić information content (AvgIpc) is 4.03. The maximum atomic E-state index is 14.7. The van der Waals surface area contributed by atoms with Crippen LogP contribution in [-0.2, 0) is 62.1 Å². The number of benzene rings is 2. The number of hydrogen-bond acceptors (Lipinski definition) is 16. The summed E-state index contributed by atoms with van der Waals surface area (Å²) in [4.78, 5) is 32.7. The molecule has 5 N–H and O–H groups in total. The molecule has 5 heterocycles. The van der Waals surface area contributed by atoms with Crippen LogP contribution in [0.15, 0.2) is 54.6 Å². The second-order valence-corrected chi connectivity index (χ2v) is 26.0. The van der Waals surface area contributed by atoms with Crippen LogP contribution in [0.5, 0.6) is 0 Å². The largest absolute Gasteiger partial charge is 0.464 e. The molecule has 0 spiro atoms. The molecule has 0 amide bonds. The quantitative estimate of drug-likeness (QED) is 0.0994. The molecule has 2 aromatic carbocycles. The van der Waals surface area contributed by atoms with Crippen molar-refractivity contribution in [1.29, 1.82) is 0 Å². The number of cyclic esters (lactones) is 1. The van der Waals surface area contributed by atoms with Crippen LogP contribution >= 0.6 is 11.6 Å². The normalized spacial score (nSPS) is 37.6. The van der Waals surface area contributed by atoms with Gasteiger partial charge in [0.05, 0.1) is 60.1 Å². The molecule has 0 radical (unpaired) electrons. The Hall–Kier alpha value is -3.53. The van der Waals surface area contributed by atoms with Crippen LogP contribution in [0.25, 0.3) is 22.3 Å². The van der Waals surface area contributed by atoms with Gasteiger partial charge in [0.2, 0.25) is 0 Å². The summed E-state index contributed by atoms with van der Waals surface area (Å²) in [6, 6.07) is 16.6. The van der Waals surface area contributed by atoms with Gasteiger partial charge < -0.3 is 68.2 Å². The highest BCUT2D eigenvalue weighted by Crippen LogP contribution is 2.48. The van der Waals surface area contributed by atoms with Gasteiger partial charge >= 0.3 is 11.9 Å². The van der Waals surface area contributed by atoms with Gasteiger partial charge in [0.15, 0.2) is 12.6 Å². The molecule has 3 fully saturated rings. The molecule has 3 saturated heterocycles. The first-order chi connectivity index (χ1) is 37.4. The zero-order chi connectivity index (χ0) is 59.0. The average molecular weight is 1140 g/mol. The van der Waals surface area contributed by atoms with Crippen LogP contribution in [0.3, 0.4) is 0 Å². The molecule has 18 atom stereocenters. The van der Waals surface area contributed by atoms with Gasteiger partial charge in [-0.25, -0.2) is 0 Å². The zero-order valence-electron chi connectivity index (χ0n) is 50.1. The van der Waals surface area contributed by atoms with Crippen LogP contribution in [0.2, 0.25) is 5.02 Å². The van der Waals surface area contributed by atoms with Crippen molar-refractivity contribution in [2.75, 3.05) is 40.9 Å². The van der Waals surface area contributed by atoms with E-state index in [1.807, 2.05) is 87.1 Å². The van der Waals surface area contributed by atoms with Gasteiger partial charge in [-0.05, 0) is 116 Å². The van der Waals surface area contributed by atoms with Gasteiger partial charge in [0.1, 0.15) is 30.5 Å². The van der Waals surface area contributed by atoms with Crippen molar-refractivity contribution in [3.63, 3.8) is 0 Å². The fraction of sp³-hybridized carbons (Fsp3) is 0.710. The number of esters is 2. The first-order valence-corrected chi connectivity index (χ1v) is 29.3. The Labute approximate surface area is 480 Å². The van der Waals surface area contributed by atoms with Crippen LogP contribution in [0.1, 0.15) is 120 Å². The van der Waals surface area contributed by atoms with E-state index in [9.17, 15) is 35.1 Å². The second-order valence-electron chi connectivity index (χ2n) is 25.5. The van der Waals surface area contributed by atoms with Crippen LogP contribution in [0, 0.1) is 23.2 Å². The van der Waals surface area contributed by atoms with E-state index < -0.39 is 114 Å². The minimum atomic E-state index is -1.86. The Morgan fingerprint density at radius 1 is 0.875 bits per heavy atom. The Bertz CT molecular complexity index is 2540. The van der Waals surface area contributed by atoms with Crippen molar-refractivity contribution in [1.82, 2.24) is 14.4 Å². The molecule has 448 valence electrons. The lowest BCUT2D eigenvalue weighted by Gasteiger charge is -2.49. The number of nitrogens with zero attached hydrogens (tertiary/aromatic N) is 3. The number of aromatic nitrogens is 1. The van der Waals surface area contributed by atoms with E-state index in [0.717, 1.165) is 40.9 Å².